The van der Waals surface area contributed by atoms with Crippen LogP contribution in [0.25, 0.3) is 0 Å². The highest BCUT2D eigenvalue weighted by atomic mass is 32.2. The van der Waals surface area contributed by atoms with Crippen molar-refractivity contribution in [2.45, 2.75) is 49.5 Å². The summed E-state index contributed by atoms with van der Waals surface area (Å²) in [6, 6.07) is -0.515. The Labute approximate surface area is 116 Å². The Balaban J connectivity index is 2.02. The minimum absolute atomic E-state index is 0.132. The smallest absolute Gasteiger partial charge is 0.248 e. The minimum atomic E-state index is -0.258. The fraction of sp³-hybridized carbons (Fsp3) is 0.833. The van der Waals surface area contributed by atoms with Crippen molar-refractivity contribution in [1.29, 1.82) is 0 Å². The first kappa shape index (κ1) is 12.7. The number of rotatable bonds is 0. The molecule has 3 saturated heterocycles. The zero-order valence-electron chi connectivity index (χ0n) is 11.1. The predicted molar refractivity (Wildman–Crippen MR) is 74.3 cm³/mol. The van der Waals surface area contributed by atoms with Crippen LogP contribution in [-0.2, 0) is 9.59 Å². The molecule has 3 rings (SSSR count). The maximum absolute atomic E-state index is 12.6. The Hall–Kier alpha value is -0.360. The van der Waals surface area contributed by atoms with E-state index < -0.39 is 0 Å². The van der Waals surface area contributed by atoms with E-state index in [9.17, 15) is 9.59 Å². The Bertz CT molecular complexity index is 396. The Morgan fingerprint density at radius 3 is 1.56 bits per heavy atom. The van der Waals surface area contributed by atoms with Crippen LogP contribution in [0.4, 0.5) is 0 Å². The number of thioether (sulfide) groups is 2. The third kappa shape index (κ3) is 1.48. The lowest BCUT2D eigenvalue weighted by atomic mass is 10.0. The second-order valence-corrected chi connectivity index (χ2v) is 9.21. The molecule has 3 aliphatic heterocycles. The Morgan fingerprint density at radius 1 is 0.889 bits per heavy atom. The van der Waals surface area contributed by atoms with Gasteiger partial charge in [-0.1, -0.05) is 0 Å². The van der Waals surface area contributed by atoms with Gasteiger partial charge in [0.25, 0.3) is 0 Å². The van der Waals surface area contributed by atoms with E-state index in [4.69, 9.17) is 0 Å². The zero-order valence-corrected chi connectivity index (χ0v) is 12.7. The van der Waals surface area contributed by atoms with E-state index in [1.807, 2.05) is 37.5 Å². The van der Waals surface area contributed by atoms with Gasteiger partial charge in [-0.15, -0.1) is 23.5 Å². The first-order chi connectivity index (χ1) is 8.26. The summed E-state index contributed by atoms with van der Waals surface area (Å²) < 4.78 is 0. The molecule has 0 radical (unpaired) electrons. The number of hydrogen-bond acceptors (Lipinski definition) is 4. The second-order valence-electron chi connectivity index (χ2n) is 5.96. The summed E-state index contributed by atoms with van der Waals surface area (Å²) in [7, 11) is 0. The van der Waals surface area contributed by atoms with Gasteiger partial charge in [-0.25, -0.2) is 0 Å². The van der Waals surface area contributed by atoms with Crippen LogP contribution < -0.4 is 0 Å². The maximum atomic E-state index is 12.6. The van der Waals surface area contributed by atoms with Crippen LogP contribution in [-0.4, -0.2) is 54.9 Å². The van der Waals surface area contributed by atoms with Gasteiger partial charge in [-0.2, -0.15) is 0 Å². The van der Waals surface area contributed by atoms with E-state index >= 15 is 0 Å². The summed E-state index contributed by atoms with van der Waals surface area (Å²) in [5, 5.41) is 0. The lowest BCUT2D eigenvalue weighted by molar-refractivity contribution is -0.163. The standard InChI is InChI=1S/C12H18N2O2S2/c1-11(2)13-7(5-17-11)10(16)14-8(9(13)15)6-18-12(14,3)4/h7-8H,5-6H2,1-4H3/t7-,8+. The van der Waals surface area contributed by atoms with Gasteiger partial charge in [0.05, 0.1) is 9.74 Å². The Kier molecular flexibility index (Phi) is 2.53. The average molecular weight is 286 g/mol. The van der Waals surface area contributed by atoms with Crippen LogP contribution in [0.2, 0.25) is 0 Å². The molecule has 2 amide bonds. The molecule has 0 aromatic rings. The van der Waals surface area contributed by atoms with Crippen LogP contribution >= 0.6 is 23.5 Å². The van der Waals surface area contributed by atoms with Crippen molar-refractivity contribution in [2.75, 3.05) is 11.5 Å². The van der Waals surface area contributed by atoms with Gasteiger partial charge in [0.2, 0.25) is 11.8 Å². The fourth-order valence-electron chi connectivity index (χ4n) is 3.13. The van der Waals surface area contributed by atoms with Gasteiger partial charge in [0.15, 0.2) is 0 Å². The first-order valence-electron chi connectivity index (χ1n) is 6.20. The van der Waals surface area contributed by atoms with E-state index in [-0.39, 0.29) is 33.6 Å². The summed E-state index contributed by atoms with van der Waals surface area (Å²) >= 11 is 3.40. The SMILES string of the molecule is CC1(C)SC[C@@H]2C(=O)N3[C@@H](CSC3(C)C)C(=O)N21. The molecule has 4 nitrogen and oxygen atoms in total. The number of piperazine rings is 1. The summed E-state index contributed by atoms with van der Waals surface area (Å²) in [6.45, 7) is 8.13. The number of carbonyl (C=O) groups excluding carboxylic acids is 2. The molecule has 18 heavy (non-hydrogen) atoms. The highest BCUT2D eigenvalue weighted by Gasteiger charge is 2.59. The molecule has 0 aliphatic carbocycles. The number of amides is 2. The topological polar surface area (TPSA) is 40.6 Å². The fourth-order valence-corrected chi connectivity index (χ4v) is 5.55. The molecule has 6 heteroatoms. The predicted octanol–water partition coefficient (Wildman–Crippen LogP) is 1.36. The van der Waals surface area contributed by atoms with Crippen molar-refractivity contribution >= 4 is 35.3 Å². The molecule has 0 aromatic heterocycles. The van der Waals surface area contributed by atoms with Crippen molar-refractivity contribution in [1.82, 2.24) is 9.80 Å². The van der Waals surface area contributed by atoms with Gasteiger partial charge in [0.1, 0.15) is 12.1 Å². The van der Waals surface area contributed by atoms with E-state index in [0.717, 1.165) is 11.5 Å². The quantitative estimate of drug-likeness (QED) is 0.674. The second kappa shape index (κ2) is 3.60. The summed E-state index contributed by atoms with van der Waals surface area (Å²) in [4.78, 5) is 28.4. The Morgan fingerprint density at radius 2 is 1.22 bits per heavy atom. The minimum Gasteiger partial charge on any atom is -0.314 e. The molecule has 3 aliphatic rings. The van der Waals surface area contributed by atoms with E-state index in [2.05, 4.69) is 0 Å². The largest absolute Gasteiger partial charge is 0.314 e. The van der Waals surface area contributed by atoms with E-state index in [0.29, 0.717) is 0 Å². The van der Waals surface area contributed by atoms with Crippen molar-refractivity contribution in [3.63, 3.8) is 0 Å². The lowest BCUT2D eigenvalue weighted by Crippen LogP contribution is -2.67. The van der Waals surface area contributed by atoms with E-state index in [1.54, 1.807) is 23.5 Å². The maximum Gasteiger partial charge on any atom is 0.248 e. The van der Waals surface area contributed by atoms with Gasteiger partial charge >= 0.3 is 0 Å². The first-order valence-corrected chi connectivity index (χ1v) is 8.17. The number of carbonyl (C=O) groups is 2. The molecule has 3 fully saturated rings. The average Bonchev–Trinajstić information content (AvgIpc) is 2.73. The molecular formula is C12H18N2O2S2. The van der Waals surface area contributed by atoms with Crippen LogP contribution in [0.1, 0.15) is 27.7 Å². The molecule has 0 saturated carbocycles. The van der Waals surface area contributed by atoms with Crippen LogP contribution in [0.5, 0.6) is 0 Å². The molecule has 0 unspecified atom stereocenters. The summed E-state index contributed by atoms with van der Waals surface area (Å²) in [6.07, 6.45) is 0. The van der Waals surface area contributed by atoms with Gasteiger partial charge < -0.3 is 9.80 Å². The van der Waals surface area contributed by atoms with Gasteiger partial charge in [-0.3, -0.25) is 9.59 Å². The van der Waals surface area contributed by atoms with Crippen molar-refractivity contribution in [3.8, 4) is 0 Å². The number of nitrogens with zero attached hydrogens (tertiary/aromatic N) is 2. The summed E-state index contributed by atoms with van der Waals surface area (Å²) in [5.74, 6) is 1.71. The molecule has 0 bridgehead atoms. The third-order valence-corrected chi connectivity index (χ3v) is 6.79. The van der Waals surface area contributed by atoms with Crippen LogP contribution in [0.3, 0.4) is 0 Å². The monoisotopic (exact) mass is 286 g/mol. The molecule has 0 aromatic carbocycles. The highest BCUT2D eigenvalue weighted by molar-refractivity contribution is 8.01. The van der Waals surface area contributed by atoms with Crippen molar-refractivity contribution in [2.24, 2.45) is 0 Å². The van der Waals surface area contributed by atoms with Gasteiger partial charge in [0, 0.05) is 11.5 Å². The number of hydrogen-bond donors (Lipinski definition) is 0. The molecule has 100 valence electrons. The normalized spacial score (nSPS) is 36.9. The van der Waals surface area contributed by atoms with Crippen molar-refractivity contribution < 1.29 is 9.59 Å². The van der Waals surface area contributed by atoms with Gasteiger partial charge in [-0.05, 0) is 27.7 Å². The highest BCUT2D eigenvalue weighted by Crippen LogP contribution is 2.48. The number of fused-ring (bicyclic) bond motifs is 2. The van der Waals surface area contributed by atoms with Crippen LogP contribution in [0, 0.1) is 0 Å². The molecule has 0 N–H and O–H groups in total. The molecule has 0 spiro atoms. The van der Waals surface area contributed by atoms with Crippen LogP contribution in [0.15, 0.2) is 0 Å². The zero-order chi connectivity index (χ0) is 13.3. The molecule has 3 heterocycles. The summed E-state index contributed by atoms with van der Waals surface area (Å²) in [5.41, 5.74) is 0. The third-order valence-electron chi connectivity index (χ3n) is 4.02. The molecule has 2 atom stereocenters. The lowest BCUT2D eigenvalue weighted by Gasteiger charge is -2.46. The molecular weight excluding hydrogens is 268 g/mol. The van der Waals surface area contributed by atoms with E-state index in [1.165, 1.54) is 0 Å². The van der Waals surface area contributed by atoms with Crippen molar-refractivity contribution in [3.05, 3.63) is 0 Å².